The molecule has 1 saturated carbocycles. The van der Waals surface area contributed by atoms with Crippen molar-refractivity contribution in [3.8, 4) is 0 Å². The molecule has 1 aromatic rings. The first-order valence-electron chi connectivity index (χ1n) is 9.32. The molecule has 0 spiro atoms. The number of hydrogen-bond donors (Lipinski definition) is 1. The predicted molar refractivity (Wildman–Crippen MR) is 91.1 cm³/mol. The van der Waals surface area contributed by atoms with Crippen molar-refractivity contribution in [2.45, 2.75) is 64.8 Å². The van der Waals surface area contributed by atoms with Gasteiger partial charge in [0.15, 0.2) is 0 Å². The zero-order valence-electron chi connectivity index (χ0n) is 14.9. The Labute approximate surface area is 143 Å². The Hall–Kier alpha value is -1.40. The van der Waals surface area contributed by atoms with Crippen LogP contribution in [0.15, 0.2) is 0 Å². The molecule has 0 aromatic carbocycles. The smallest absolute Gasteiger partial charge is 0.255 e. The summed E-state index contributed by atoms with van der Waals surface area (Å²) in [7, 11) is 0. The Kier molecular flexibility index (Phi) is 4.12. The third kappa shape index (κ3) is 2.39. The number of nitrogens with one attached hydrogen (secondary N) is 1. The Balaban J connectivity index is 1.53. The zero-order valence-corrected chi connectivity index (χ0v) is 14.9. The minimum atomic E-state index is 0.0317. The molecule has 4 atom stereocenters. The van der Waals surface area contributed by atoms with Crippen LogP contribution in [0.3, 0.4) is 0 Å². The lowest BCUT2D eigenvalue weighted by Gasteiger charge is -2.51. The average molecular weight is 332 g/mol. The van der Waals surface area contributed by atoms with E-state index >= 15 is 0 Å². The number of likely N-dealkylation sites (tertiary alicyclic amines) is 1. The van der Waals surface area contributed by atoms with Crippen molar-refractivity contribution in [1.29, 1.82) is 0 Å². The van der Waals surface area contributed by atoms with Gasteiger partial charge in [0.25, 0.3) is 5.91 Å². The van der Waals surface area contributed by atoms with Gasteiger partial charge in [0.2, 0.25) is 0 Å². The van der Waals surface area contributed by atoms with Gasteiger partial charge in [-0.15, -0.1) is 0 Å². The molecule has 3 heterocycles. The first-order chi connectivity index (χ1) is 11.6. The summed E-state index contributed by atoms with van der Waals surface area (Å²) in [6.07, 6.45) is 3.90. The third-order valence-corrected chi connectivity index (χ3v) is 6.12. The lowest BCUT2D eigenvalue weighted by Crippen LogP contribution is -2.70. The van der Waals surface area contributed by atoms with Gasteiger partial charge in [-0.3, -0.25) is 14.4 Å². The first-order valence-corrected chi connectivity index (χ1v) is 9.32. The molecule has 0 bridgehead atoms. The number of amides is 1. The van der Waals surface area contributed by atoms with Crippen LogP contribution in [0, 0.1) is 19.8 Å². The molecule has 1 aliphatic carbocycles. The van der Waals surface area contributed by atoms with Crippen molar-refractivity contribution in [3.63, 3.8) is 0 Å². The molecule has 132 valence electrons. The molecule has 0 unspecified atom stereocenters. The molecule has 3 fully saturated rings. The molecule has 4 rings (SSSR count). The summed E-state index contributed by atoms with van der Waals surface area (Å²) in [4.78, 5) is 15.5. The monoisotopic (exact) mass is 332 g/mol. The second-order valence-electron chi connectivity index (χ2n) is 7.38. The van der Waals surface area contributed by atoms with Gasteiger partial charge in [-0.2, -0.15) is 5.10 Å². The molecule has 24 heavy (non-hydrogen) atoms. The molecular weight excluding hydrogens is 304 g/mol. The highest BCUT2D eigenvalue weighted by Gasteiger charge is 2.56. The highest BCUT2D eigenvalue weighted by atomic mass is 16.5. The minimum Gasteiger partial charge on any atom is -0.376 e. The molecule has 3 aliphatic rings. The number of carbonyl (C=O) groups is 1. The van der Waals surface area contributed by atoms with Crippen LogP contribution in [-0.2, 0) is 11.3 Å². The van der Waals surface area contributed by atoms with Gasteiger partial charge in [0, 0.05) is 24.8 Å². The number of rotatable bonds is 4. The number of carbonyl (C=O) groups excluding carboxylic acids is 1. The molecule has 0 radical (unpaired) electrons. The fourth-order valence-electron chi connectivity index (χ4n) is 4.90. The van der Waals surface area contributed by atoms with Gasteiger partial charge < -0.3 is 10.1 Å². The van der Waals surface area contributed by atoms with E-state index in [1.165, 1.54) is 12.8 Å². The number of hydrogen-bond acceptors (Lipinski definition) is 4. The lowest BCUT2D eigenvalue weighted by atomic mass is 9.70. The summed E-state index contributed by atoms with van der Waals surface area (Å²) in [5.74, 6) is 0.505. The van der Waals surface area contributed by atoms with Gasteiger partial charge in [-0.05, 0) is 53.1 Å². The van der Waals surface area contributed by atoms with Crippen LogP contribution in [0.5, 0.6) is 0 Å². The number of ether oxygens (including phenoxy) is 1. The Morgan fingerprint density at radius 1 is 1.33 bits per heavy atom. The maximum Gasteiger partial charge on any atom is 0.255 e. The van der Waals surface area contributed by atoms with Crippen molar-refractivity contribution in [2.24, 2.45) is 5.92 Å². The van der Waals surface area contributed by atoms with Crippen molar-refractivity contribution < 1.29 is 9.53 Å². The van der Waals surface area contributed by atoms with Crippen LogP contribution in [-0.4, -0.2) is 58.5 Å². The molecule has 1 aromatic heterocycles. The lowest BCUT2D eigenvalue weighted by molar-refractivity contribution is -0.0747. The van der Waals surface area contributed by atoms with Crippen LogP contribution in [0.1, 0.15) is 47.9 Å². The topological polar surface area (TPSA) is 59.4 Å². The van der Waals surface area contributed by atoms with Gasteiger partial charge in [0.05, 0.1) is 29.4 Å². The molecule has 1 N–H and O–H groups in total. The number of nitrogens with zero attached hydrogens (tertiary/aromatic N) is 3. The van der Waals surface area contributed by atoms with E-state index in [4.69, 9.17) is 4.74 Å². The van der Waals surface area contributed by atoms with Crippen LogP contribution >= 0.6 is 0 Å². The SMILES string of the molecule is CCn1nc(C)c(C(=O)N[C@H]2[C@H]3CCO[C@H]3[C@@H]2N2CCCC2)c1C. The number of fused-ring (bicyclic) bond motifs is 1. The van der Waals surface area contributed by atoms with Crippen molar-refractivity contribution >= 4 is 5.91 Å². The standard InChI is InChI=1S/C18H28N4O2/c1-4-22-12(3)14(11(2)20-22)18(23)19-15-13-7-10-24-17(13)16(15)21-8-5-6-9-21/h13,15-17H,4-10H2,1-3H3,(H,19,23)/t13-,15+,16-,17-/m1/s1. The van der Waals surface area contributed by atoms with Gasteiger partial charge in [0.1, 0.15) is 0 Å². The van der Waals surface area contributed by atoms with E-state index in [2.05, 4.69) is 22.2 Å². The first kappa shape index (κ1) is 16.1. The normalized spacial score (nSPS) is 32.6. The molecular formula is C18H28N4O2. The van der Waals surface area contributed by atoms with Crippen LogP contribution in [0.2, 0.25) is 0 Å². The van der Waals surface area contributed by atoms with E-state index < -0.39 is 0 Å². The maximum absolute atomic E-state index is 12.9. The fourth-order valence-corrected chi connectivity index (χ4v) is 4.90. The van der Waals surface area contributed by atoms with Crippen LogP contribution in [0.25, 0.3) is 0 Å². The van der Waals surface area contributed by atoms with E-state index in [-0.39, 0.29) is 11.9 Å². The Morgan fingerprint density at radius 3 is 2.75 bits per heavy atom. The molecule has 1 amide bonds. The van der Waals surface area contributed by atoms with E-state index in [0.717, 1.165) is 49.6 Å². The number of aromatic nitrogens is 2. The second-order valence-corrected chi connectivity index (χ2v) is 7.38. The van der Waals surface area contributed by atoms with E-state index in [1.807, 2.05) is 18.5 Å². The third-order valence-electron chi connectivity index (χ3n) is 6.12. The van der Waals surface area contributed by atoms with Gasteiger partial charge in [-0.1, -0.05) is 0 Å². The quantitative estimate of drug-likeness (QED) is 0.908. The van der Waals surface area contributed by atoms with E-state index in [1.54, 1.807) is 0 Å². The van der Waals surface area contributed by atoms with Crippen molar-refractivity contribution in [1.82, 2.24) is 20.0 Å². The molecule has 6 heteroatoms. The largest absolute Gasteiger partial charge is 0.376 e. The van der Waals surface area contributed by atoms with E-state index in [9.17, 15) is 4.79 Å². The van der Waals surface area contributed by atoms with E-state index in [0.29, 0.717) is 18.1 Å². The predicted octanol–water partition coefficient (Wildman–Crippen LogP) is 1.50. The summed E-state index contributed by atoms with van der Waals surface area (Å²) in [5, 5.41) is 7.82. The fraction of sp³-hybridized carbons (Fsp3) is 0.778. The summed E-state index contributed by atoms with van der Waals surface area (Å²) in [6, 6.07) is 0.567. The van der Waals surface area contributed by atoms with Crippen molar-refractivity contribution in [2.75, 3.05) is 19.7 Å². The average Bonchev–Trinajstić information content (AvgIpc) is 3.26. The summed E-state index contributed by atoms with van der Waals surface area (Å²) in [6.45, 7) is 9.85. The minimum absolute atomic E-state index is 0.0317. The highest BCUT2D eigenvalue weighted by Crippen LogP contribution is 2.43. The van der Waals surface area contributed by atoms with Gasteiger partial charge >= 0.3 is 0 Å². The zero-order chi connectivity index (χ0) is 16.8. The molecule has 6 nitrogen and oxygen atoms in total. The summed E-state index contributed by atoms with van der Waals surface area (Å²) >= 11 is 0. The van der Waals surface area contributed by atoms with Crippen LogP contribution in [0.4, 0.5) is 0 Å². The Morgan fingerprint density at radius 2 is 2.08 bits per heavy atom. The summed E-state index contributed by atoms with van der Waals surface area (Å²) in [5.41, 5.74) is 2.53. The maximum atomic E-state index is 12.9. The highest BCUT2D eigenvalue weighted by molar-refractivity contribution is 5.96. The second kappa shape index (κ2) is 6.15. The molecule has 2 aliphatic heterocycles. The molecule has 2 saturated heterocycles. The van der Waals surface area contributed by atoms with Crippen molar-refractivity contribution in [3.05, 3.63) is 17.0 Å². The van der Waals surface area contributed by atoms with Gasteiger partial charge in [-0.25, -0.2) is 0 Å². The summed E-state index contributed by atoms with van der Waals surface area (Å²) < 4.78 is 7.86. The Bertz CT molecular complexity index is 630. The number of aryl methyl sites for hydroxylation is 2. The van der Waals surface area contributed by atoms with Crippen LogP contribution < -0.4 is 5.32 Å².